The molecule has 0 spiro atoms. The van der Waals surface area contributed by atoms with Gasteiger partial charge in [-0.05, 0) is 42.0 Å². The van der Waals surface area contributed by atoms with Crippen LogP contribution in [0, 0.1) is 17.5 Å². The number of aromatic nitrogens is 2. The predicted octanol–water partition coefficient (Wildman–Crippen LogP) is 4.44. The third-order valence-electron chi connectivity index (χ3n) is 4.19. The van der Waals surface area contributed by atoms with Crippen molar-refractivity contribution < 1.29 is 13.2 Å². The van der Waals surface area contributed by atoms with Gasteiger partial charge in [0.25, 0.3) is 0 Å². The molecule has 28 heavy (non-hydrogen) atoms. The van der Waals surface area contributed by atoms with E-state index in [2.05, 4.69) is 15.4 Å². The van der Waals surface area contributed by atoms with E-state index in [0.717, 1.165) is 23.3 Å². The molecular formula is C21H15F3N4. The summed E-state index contributed by atoms with van der Waals surface area (Å²) in [6, 6.07) is 11.4. The molecule has 0 atom stereocenters. The highest BCUT2D eigenvalue weighted by Gasteiger charge is 2.15. The Morgan fingerprint density at radius 3 is 2.39 bits per heavy atom. The molecule has 1 aliphatic rings. The molecule has 0 fully saturated rings. The fraction of sp³-hybridized carbons (Fsp3) is 0.0476. The Morgan fingerprint density at radius 1 is 0.893 bits per heavy atom. The Morgan fingerprint density at radius 2 is 1.64 bits per heavy atom. The predicted molar refractivity (Wildman–Crippen MR) is 99.6 cm³/mol. The number of hydrogen-bond acceptors (Lipinski definition) is 4. The molecule has 1 aromatic heterocycles. The number of nitrogens with one attached hydrogen (secondary N) is 1. The molecule has 2 heterocycles. The van der Waals surface area contributed by atoms with Crippen molar-refractivity contribution in [3.8, 4) is 11.4 Å². The zero-order valence-corrected chi connectivity index (χ0v) is 14.6. The Balaban J connectivity index is 1.52. The van der Waals surface area contributed by atoms with Gasteiger partial charge in [-0.3, -0.25) is 10.4 Å². The van der Waals surface area contributed by atoms with Gasteiger partial charge in [0, 0.05) is 29.7 Å². The number of hydrogen-bond donors (Lipinski definition) is 1. The summed E-state index contributed by atoms with van der Waals surface area (Å²) >= 11 is 0. The van der Waals surface area contributed by atoms with Crippen LogP contribution in [0.3, 0.4) is 0 Å². The standard InChI is InChI=1S/C21H15F3N4/c22-17-11-16(12-18(23)20(17)24)19-6-2-9-28(27-19)13-14-4-1-5-15(10-14)21-25-7-3-8-26-21/h1-12,27H,13H2. The summed E-state index contributed by atoms with van der Waals surface area (Å²) in [5.41, 5.74) is 5.63. The lowest BCUT2D eigenvalue weighted by molar-refractivity contribution is 0.313. The van der Waals surface area contributed by atoms with Gasteiger partial charge in [0.15, 0.2) is 23.3 Å². The van der Waals surface area contributed by atoms with Crippen molar-refractivity contribution in [1.82, 2.24) is 20.4 Å². The quantitative estimate of drug-likeness (QED) is 0.680. The smallest absolute Gasteiger partial charge is 0.194 e. The summed E-state index contributed by atoms with van der Waals surface area (Å²) in [5, 5.41) is 1.76. The van der Waals surface area contributed by atoms with Gasteiger partial charge in [-0.25, -0.2) is 23.1 Å². The first-order chi connectivity index (χ1) is 13.6. The number of benzene rings is 2. The highest BCUT2D eigenvalue weighted by molar-refractivity contribution is 5.66. The molecule has 2 aromatic carbocycles. The Hall–Kier alpha value is -3.61. The van der Waals surface area contributed by atoms with Crippen molar-refractivity contribution in [3.63, 3.8) is 0 Å². The third kappa shape index (κ3) is 3.73. The first kappa shape index (κ1) is 17.8. The molecule has 1 aliphatic heterocycles. The summed E-state index contributed by atoms with van der Waals surface area (Å²) in [5.74, 6) is -3.31. The summed E-state index contributed by atoms with van der Waals surface area (Å²) in [6.07, 6.45) is 8.57. The van der Waals surface area contributed by atoms with E-state index < -0.39 is 17.5 Å². The highest BCUT2D eigenvalue weighted by Crippen LogP contribution is 2.22. The third-order valence-corrected chi connectivity index (χ3v) is 4.19. The molecular weight excluding hydrogens is 365 g/mol. The van der Waals surface area contributed by atoms with E-state index in [1.165, 1.54) is 0 Å². The molecule has 0 aliphatic carbocycles. The van der Waals surface area contributed by atoms with E-state index in [-0.39, 0.29) is 5.56 Å². The highest BCUT2D eigenvalue weighted by atomic mass is 19.2. The average Bonchev–Trinajstić information content (AvgIpc) is 2.73. The number of halogens is 3. The van der Waals surface area contributed by atoms with E-state index >= 15 is 0 Å². The number of allylic oxidation sites excluding steroid dienone is 2. The van der Waals surface area contributed by atoms with Crippen molar-refractivity contribution in [2.45, 2.75) is 6.54 Å². The topological polar surface area (TPSA) is 41.1 Å². The van der Waals surface area contributed by atoms with Gasteiger partial charge in [0.2, 0.25) is 0 Å². The summed E-state index contributed by atoms with van der Waals surface area (Å²) in [4.78, 5) is 8.49. The molecule has 0 saturated heterocycles. The molecule has 0 amide bonds. The van der Waals surface area contributed by atoms with Crippen molar-refractivity contribution in [2.75, 3.05) is 0 Å². The van der Waals surface area contributed by atoms with E-state index in [9.17, 15) is 13.2 Å². The lowest BCUT2D eigenvalue weighted by Crippen LogP contribution is -2.33. The van der Waals surface area contributed by atoms with E-state index in [4.69, 9.17) is 0 Å². The second-order valence-corrected chi connectivity index (χ2v) is 6.19. The van der Waals surface area contributed by atoms with Crippen molar-refractivity contribution in [3.05, 3.63) is 102 Å². The lowest BCUT2D eigenvalue weighted by Gasteiger charge is -2.27. The minimum absolute atomic E-state index is 0.220. The maximum Gasteiger partial charge on any atom is 0.194 e. The Kier molecular flexibility index (Phi) is 4.80. The monoisotopic (exact) mass is 380 g/mol. The lowest BCUT2D eigenvalue weighted by atomic mass is 10.1. The zero-order chi connectivity index (χ0) is 19.5. The van der Waals surface area contributed by atoms with Crippen molar-refractivity contribution in [2.24, 2.45) is 0 Å². The van der Waals surface area contributed by atoms with Gasteiger partial charge in [-0.15, -0.1) is 0 Å². The first-order valence-corrected chi connectivity index (χ1v) is 8.53. The van der Waals surface area contributed by atoms with Gasteiger partial charge >= 0.3 is 0 Å². The molecule has 7 heteroatoms. The summed E-state index contributed by atoms with van der Waals surface area (Å²) < 4.78 is 40.3. The molecule has 3 aromatic rings. The SMILES string of the molecule is Fc1cc(C2=CC=CN(Cc3cccc(-c4ncccn4)c3)N2)cc(F)c1F. The number of nitrogens with zero attached hydrogens (tertiary/aromatic N) is 3. The van der Waals surface area contributed by atoms with Gasteiger partial charge in [0.05, 0.1) is 12.2 Å². The van der Waals surface area contributed by atoms with Crippen molar-refractivity contribution >= 4 is 5.70 Å². The fourth-order valence-electron chi connectivity index (χ4n) is 2.89. The van der Waals surface area contributed by atoms with E-state index in [0.29, 0.717) is 18.1 Å². The van der Waals surface area contributed by atoms with Crippen LogP contribution >= 0.6 is 0 Å². The van der Waals surface area contributed by atoms with Crippen LogP contribution in [-0.2, 0) is 6.54 Å². The minimum atomic E-state index is -1.48. The summed E-state index contributed by atoms with van der Waals surface area (Å²) in [6.45, 7) is 0.487. The number of hydrazine groups is 1. The van der Waals surface area contributed by atoms with Crippen LogP contribution in [0.5, 0.6) is 0 Å². The minimum Gasteiger partial charge on any atom is -0.298 e. The molecule has 140 valence electrons. The average molecular weight is 380 g/mol. The van der Waals surface area contributed by atoms with Gasteiger partial charge < -0.3 is 0 Å². The van der Waals surface area contributed by atoms with Crippen LogP contribution in [0.25, 0.3) is 17.1 Å². The van der Waals surface area contributed by atoms with E-state index in [1.807, 2.05) is 24.3 Å². The second-order valence-electron chi connectivity index (χ2n) is 6.19. The molecule has 0 saturated carbocycles. The molecule has 0 radical (unpaired) electrons. The van der Waals surface area contributed by atoms with E-state index in [1.54, 1.807) is 41.8 Å². The largest absolute Gasteiger partial charge is 0.298 e. The maximum absolute atomic E-state index is 13.5. The zero-order valence-electron chi connectivity index (χ0n) is 14.6. The van der Waals surface area contributed by atoms with Crippen LogP contribution in [0.1, 0.15) is 11.1 Å². The first-order valence-electron chi connectivity index (χ1n) is 8.53. The second kappa shape index (κ2) is 7.56. The van der Waals surface area contributed by atoms with Gasteiger partial charge in [-0.1, -0.05) is 18.2 Å². The van der Waals surface area contributed by atoms with Crippen LogP contribution in [-0.4, -0.2) is 15.0 Å². The van der Waals surface area contributed by atoms with Gasteiger partial charge in [0.1, 0.15) is 0 Å². The van der Waals surface area contributed by atoms with Gasteiger partial charge in [-0.2, -0.15) is 0 Å². The number of rotatable bonds is 4. The molecule has 0 unspecified atom stereocenters. The Labute approximate surface area is 159 Å². The van der Waals surface area contributed by atoms with Crippen LogP contribution < -0.4 is 5.43 Å². The normalized spacial score (nSPS) is 13.2. The maximum atomic E-state index is 13.5. The fourth-order valence-corrected chi connectivity index (χ4v) is 2.89. The van der Waals surface area contributed by atoms with Crippen LogP contribution in [0.2, 0.25) is 0 Å². The van der Waals surface area contributed by atoms with Crippen LogP contribution in [0.15, 0.2) is 73.2 Å². The summed E-state index contributed by atoms with van der Waals surface area (Å²) in [7, 11) is 0. The molecule has 4 rings (SSSR count). The molecule has 1 N–H and O–H groups in total. The molecule has 4 nitrogen and oxygen atoms in total. The molecule has 0 bridgehead atoms. The Bertz CT molecular complexity index is 1040. The van der Waals surface area contributed by atoms with Crippen molar-refractivity contribution in [1.29, 1.82) is 0 Å². The van der Waals surface area contributed by atoms with Crippen LogP contribution in [0.4, 0.5) is 13.2 Å².